The first-order valence-electron chi connectivity index (χ1n) is 7.14. The summed E-state index contributed by atoms with van der Waals surface area (Å²) in [6, 6.07) is 10.5. The zero-order valence-corrected chi connectivity index (χ0v) is 11.9. The second-order valence-electron chi connectivity index (χ2n) is 5.31. The van der Waals surface area contributed by atoms with Crippen molar-refractivity contribution in [2.45, 2.75) is 6.54 Å². The van der Waals surface area contributed by atoms with Crippen LogP contribution in [0.3, 0.4) is 0 Å². The van der Waals surface area contributed by atoms with E-state index in [4.69, 9.17) is 5.73 Å². The summed E-state index contributed by atoms with van der Waals surface area (Å²) in [7, 11) is 0. The standard InChI is InChI=1S/C16H19FN4/c17-14-5-3-13(4-6-14)12-20-8-10-21(11-9-20)16-15(18)2-1-7-19-16/h1-7H,8-12,18H2. The van der Waals surface area contributed by atoms with Crippen LogP contribution in [0.4, 0.5) is 15.9 Å². The smallest absolute Gasteiger partial charge is 0.151 e. The summed E-state index contributed by atoms with van der Waals surface area (Å²) in [4.78, 5) is 8.94. The van der Waals surface area contributed by atoms with Crippen molar-refractivity contribution in [2.75, 3.05) is 36.8 Å². The number of halogens is 1. The van der Waals surface area contributed by atoms with Crippen molar-refractivity contribution in [2.24, 2.45) is 0 Å². The van der Waals surface area contributed by atoms with Crippen LogP contribution in [-0.2, 0) is 6.54 Å². The Kier molecular flexibility index (Phi) is 4.01. The van der Waals surface area contributed by atoms with Crippen LogP contribution < -0.4 is 10.6 Å². The second kappa shape index (κ2) is 6.10. The average molecular weight is 286 g/mol. The van der Waals surface area contributed by atoms with Gasteiger partial charge in [-0.1, -0.05) is 12.1 Å². The van der Waals surface area contributed by atoms with Gasteiger partial charge in [0.2, 0.25) is 0 Å². The minimum Gasteiger partial charge on any atom is -0.396 e. The number of pyridine rings is 1. The van der Waals surface area contributed by atoms with Gasteiger partial charge in [-0.25, -0.2) is 9.37 Å². The van der Waals surface area contributed by atoms with E-state index < -0.39 is 0 Å². The van der Waals surface area contributed by atoms with Gasteiger partial charge in [0.25, 0.3) is 0 Å². The molecule has 0 unspecified atom stereocenters. The van der Waals surface area contributed by atoms with Gasteiger partial charge in [-0.3, -0.25) is 4.90 Å². The summed E-state index contributed by atoms with van der Waals surface area (Å²) in [5.74, 6) is 0.688. The topological polar surface area (TPSA) is 45.4 Å². The molecule has 2 heterocycles. The number of nitrogen functional groups attached to an aromatic ring is 1. The predicted octanol–water partition coefficient (Wildman–Crippen LogP) is 2.13. The van der Waals surface area contributed by atoms with Crippen LogP contribution in [0.5, 0.6) is 0 Å². The van der Waals surface area contributed by atoms with Crippen molar-refractivity contribution in [1.82, 2.24) is 9.88 Å². The van der Waals surface area contributed by atoms with Crippen LogP contribution in [0, 0.1) is 5.82 Å². The van der Waals surface area contributed by atoms with Gasteiger partial charge >= 0.3 is 0 Å². The number of benzene rings is 1. The van der Waals surface area contributed by atoms with E-state index in [-0.39, 0.29) is 5.82 Å². The first-order valence-corrected chi connectivity index (χ1v) is 7.14. The molecule has 0 bridgehead atoms. The predicted molar refractivity (Wildman–Crippen MR) is 82.5 cm³/mol. The molecule has 0 amide bonds. The quantitative estimate of drug-likeness (QED) is 0.939. The fraction of sp³-hybridized carbons (Fsp3) is 0.312. The highest BCUT2D eigenvalue weighted by molar-refractivity contribution is 5.62. The van der Waals surface area contributed by atoms with E-state index in [0.717, 1.165) is 49.8 Å². The van der Waals surface area contributed by atoms with Gasteiger partial charge in [-0.05, 0) is 29.8 Å². The fourth-order valence-electron chi connectivity index (χ4n) is 2.64. The minimum absolute atomic E-state index is 0.186. The molecule has 110 valence electrons. The Morgan fingerprint density at radius 2 is 1.76 bits per heavy atom. The van der Waals surface area contributed by atoms with Crippen LogP contribution in [-0.4, -0.2) is 36.1 Å². The van der Waals surface area contributed by atoms with E-state index in [0.29, 0.717) is 0 Å². The lowest BCUT2D eigenvalue weighted by Gasteiger charge is -2.35. The Balaban J connectivity index is 1.58. The monoisotopic (exact) mass is 286 g/mol. The third-order valence-electron chi connectivity index (χ3n) is 3.81. The molecule has 2 aromatic rings. The maximum atomic E-state index is 12.9. The molecular formula is C16H19FN4. The van der Waals surface area contributed by atoms with E-state index in [9.17, 15) is 4.39 Å². The Morgan fingerprint density at radius 3 is 2.43 bits per heavy atom. The Hall–Kier alpha value is -2.14. The van der Waals surface area contributed by atoms with Gasteiger partial charge in [-0.15, -0.1) is 0 Å². The van der Waals surface area contributed by atoms with Crippen LogP contribution in [0.2, 0.25) is 0 Å². The van der Waals surface area contributed by atoms with Crippen molar-refractivity contribution in [3.63, 3.8) is 0 Å². The molecule has 4 nitrogen and oxygen atoms in total. The lowest BCUT2D eigenvalue weighted by Crippen LogP contribution is -2.46. The Morgan fingerprint density at radius 1 is 1.05 bits per heavy atom. The molecule has 0 spiro atoms. The van der Waals surface area contributed by atoms with Crippen LogP contribution in [0.25, 0.3) is 0 Å². The normalized spacial score (nSPS) is 16.1. The van der Waals surface area contributed by atoms with Gasteiger partial charge in [0.1, 0.15) is 5.82 Å². The first kappa shape index (κ1) is 13.8. The largest absolute Gasteiger partial charge is 0.396 e. The number of rotatable bonds is 3. The van der Waals surface area contributed by atoms with Crippen molar-refractivity contribution in [1.29, 1.82) is 0 Å². The Bertz CT molecular complexity index is 591. The highest BCUT2D eigenvalue weighted by Crippen LogP contribution is 2.21. The lowest BCUT2D eigenvalue weighted by molar-refractivity contribution is 0.249. The summed E-state index contributed by atoms with van der Waals surface area (Å²) < 4.78 is 12.9. The van der Waals surface area contributed by atoms with Gasteiger partial charge in [0.05, 0.1) is 5.69 Å². The maximum Gasteiger partial charge on any atom is 0.151 e. The van der Waals surface area contributed by atoms with E-state index in [2.05, 4.69) is 14.8 Å². The van der Waals surface area contributed by atoms with Gasteiger partial charge in [0.15, 0.2) is 5.82 Å². The van der Waals surface area contributed by atoms with Gasteiger partial charge < -0.3 is 10.6 Å². The molecule has 1 saturated heterocycles. The zero-order chi connectivity index (χ0) is 14.7. The first-order chi connectivity index (χ1) is 10.2. The molecule has 0 saturated carbocycles. The van der Waals surface area contributed by atoms with Crippen LogP contribution in [0.15, 0.2) is 42.6 Å². The number of aromatic nitrogens is 1. The summed E-state index contributed by atoms with van der Waals surface area (Å²) in [6.45, 7) is 4.57. The number of nitrogens with two attached hydrogens (primary N) is 1. The summed E-state index contributed by atoms with van der Waals surface area (Å²) in [5, 5.41) is 0. The van der Waals surface area contributed by atoms with Crippen LogP contribution >= 0.6 is 0 Å². The van der Waals surface area contributed by atoms with Gasteiger partial charge in [0, 0.05) is 38.9 Å². The number of hydrogen-bond donors (Lipinski definition) is 1. The number of nitrogens with zero attached hydrogens (tertiary/aromatic N) is 3. The molecule has 0 radical (unpaired) electrons. The molecule has 1 aliphatic heterocycles. The van der Waals surface area contributed by atoms with E-state index in [1.54, 1.807) is 6.20 Å². The van der Waals surface area contributed by atoms with E-state index >= 15 is 0 Å². The van der Waals surface area contributed by atoms with Crippen molar-refractivity contribution < 1.29 is 4.39 Å². The zero-order valence-electron chi connectivity index (χ0n) is 11.9. The molecule has 0 atom stereocenters. The highest BCUT2D eigenvalue weighted by Gasteiger charge is 2.19. The molecule has 1 fully saturated rings. The lowest BCUT2D eigenvalue weighted by atomic mass is 10.2. The molecule has 1 aliphatic rings. The number of anilines is 2. The molecular weight excluding hydrogens is 267 g/mol. The summed E-state index contributed by atoms with van der Waals surface area (Å²) in [6.07, 6.45) is 1.77. The molecule has 5 heteroatoms. The average Bonchev–Trinajstić information content (AvgIpc) is 2.51. The Labute approximate surface area is 124 Å². The molecule has 2 N–H and O–H groups in total. The molecule has 21 heavy (non-hydrogen) atoms. The number of hydrogen-bond acceptors (Lipinski definition) is 4. The highest BCUT2D eigenvalue weighted by atomic mass is 19.1. The molecule has 3 rings (SSSR count). The molecule has 0 aliphatic carbocycles. The molecule has 1 aromatic carbocycles. The van der Waals surface area contributed by atoms with Crippen LogP contribution in [0.1, 0.15) is 5.56 Å². The SMILES string of the molecule is Nc1cccnc1N1CCN(Cc2ccc(F)cc2)CC1. The summed E-state index contributed by atoms with van der Waals surface area (Å²) in [5.41, 5.74) is 7.84. The van der Waals surface area contributed by atoms with Gasteiger partial charge in [-0.2, -0.15) is 0 Å². The fourth-order valence-corrected chi connectivity index (χ4v) is 2.64. The van der Waals surface area contributed by atoms with E-state index in [1.807, 2.05) is 24.3 Å². The third kappa shape index (κ3) is 3.31. The van der Waals surface area contributed by atoms with Crippen molar-refractivity contribution in [3.8, 4) is 0 Å². The number of piperazine rings is 1. The van der Waals surface area contributed by atoms with Crippen molar-refractivity contribution in [3.05, 3.63) is 54.0 Å². The van der Waals surface area contributed by atoms with E-state index in [1.165, 1.54) is 12.1 Å². The maximum absolute atomic E-state index is 12.9. The second-order valence-corrected chi connectivity index (χ2v) is 5.31. The molecule has 1 aromatic heterocycles. The third-order valence-corrected chi connectivity index (χ3v) is 3.81. The minimum atomic E-state index is -0.186. The van der Waals surface area contributed by atoms with Crippen molar-refractivity contribution >= 4 is 11.5 Å². The summed E-state index contributed by atoms with van der Waals surface area (Å²) >= 11 is 0.